The van der Waals surface area contributed by atoms with Gasteiger partial charge in [0.2, 0.25) is 0 Å². The molecule has 0 N–H and O–H groups in total. The molecule has 298 valence electrons. The van der Waals surface area contributed by atoms with Crippen LogP contribution in [0.1, 0.15) is 59.7 Å². The summed E-state index contributed by atoms with van der Waals surface area (Å²) in [6.45, 7) is 11.1. The minimum absolute atomic E-state index is 0. The smallest absolute Gasteiger partial charge is 0.258 e. The molecule has 0 bridgehead atoms. The molecule has 0 saturated heterocycles. The van der Waals surface area contributed by atoms with Crippen molar-refractivity contribution in [1.29, 1.82) is 0 Å². The summed E-state index contributed by atoms with van der Waals surface area (Å²) >= 11 is 0. The van der Waals surface area contributed by atoms with Gasteiger partial charge in [-0.1, -0.05) is 48.5 Å². The second kappa shape index (κ2) is 17.2. The Morgan fingerprint density at radius 3 is 1.37 bits per heavy atom. The molecule has 0 saturated carbocycles. The van der Waals surface area contributed by atoms with Crippen LogP contribution in [0.25, 0.3) is 0 Å². The average molecular weight is 941 g/mol. The van der Waals surface area contributed by atoms with Crippen molar-refractivity contribution in [2.24, 2.45) is 0 Å². The Labute approximate surface area is 396 Å². The largest absolute Gasteiger partial charge is 0.522 e. The molecule has 2 atom stereocenters. The number of benzene rings is 5. The van der Waals surface area contributed by atoms with Gasteiger partial charge in [0.05, 0.1) is 25.3 Å². The van der Waals surface area contributed by atoms with Crippen LogP contribution in [0.2, 0.25) is 0 Å². The third-order valence-electron chi connectivity index (χ3n) is 12.2. The van der Waals surface area contributed by atoms with Crippen molar-refractivity contribution in [3.8, 4) is 23.0 Å². The summed E-state index contributed by atoms with van der Waals surface area (Å²) in [5.41, 5.74) is 12.3. The van der Waals surface area contributed by atoms with E-state index in [1.165, 1.54) is 0 Å². The van der Waals surface area contributed by atoms with Crippen LogP contribution in [-0.4, -0.2) is 52.2 Å². The van der Waals surface area contributed by atoms with Gasteiger partial charge in [0, 0.05) is 100 Å². The molecule has 0 aromatic heterocycles. The van der Waals surface area contributed by atoms with Crippen LogP contribution in [0.3, 0.4) is 0 Å². The van der Waals surface area contributed by atoms with Gasteiger partial charge in [-0.15, -0.1) is 0 Å². The Balaban J connectivity index is 0.00000264. The monoisotopic (exact) mass is 940 g/mol. The van der Waals surface area contributed by atoms with E-state index in [4.69, 9.17) is 18.9 Å². The first-order chi connectivity index (χ1) is 27.6. The molecule has 0 fully saturated rings. The van der Waals surface area contributed by atoms with Crippen molar-refractivity contribution in [2.45, 2.75) is 58.9 Å². The number of amides is 2. The van der Waals surface area contributed by atoms with Crippen molar-refractivity contribution in [1.82, 2.24) is 0 Å². The number of anilines is 4. The van der Waals surface area contributed by atoms with Crippen LogP contribution in [0.4, 0.5) is 22.7 Å². The molecule has 5 aromatic rings. The Hall–Kier alpha value is -3.95. The standard InChI is InChI=1S/C47H46N4O6.2Y/c1-27-28(2)32(25-56-44-21-40-36(19-42(44)54-6)46(52)50-34(23-48(40)4)17-30-12-8-10-14-38(30)50)16-33(29(27)3)26-57-45-22-41-37(20-43(45)55-7)47(53)51-35(24-49(41)5)18-31-13-9-11-15-39(31)51;;/h8-16,19-24,34-35H,17-18,25-26H2,1-7H3;;/q-2;;/t34-,35-;;/m0../s1. The number of nitrogens with zero attached hydrogens (tertiary/aromatic N) is 4. The van der Waals surface area contributed by atoms with Crippen LogP contribution in [-0.2, 0) is 91.5 Å². The number of hydrogen-bond acceptors (Lipinski definition) is 8. The molecule has 4 heterocycles. The maximum Gasteiger partial charge on any atom is 0.258 e. The number of hydrogen-bond donors (Lipinski definition) is 0. The number of rotatable bonds is 8. The van der Waals surface area contributed by atoms with Crippen molar-refractivity contribution in [2.75, 3.05) is 47.9 Å². The SMILES string of the molecule is COc1cc2c(cc1OCc1cc(COc3cc4c(cc3OC)C(=O)N3c5ccccc5C[C@H]3[CH-]N4C)c(C)c(C)c1C)N(C)[CH-][C@@H]1Cc3ccccc3N1C2=O.[Y].[Y]. The fourth-order valence-electron chi connectivity index (χ4n) is 8.89. The molecule has 9 rings (SSSR count). The van der Waals surface area contributed by atoms with Crippen molar-refractivity contribution < 1.29 is 94.0 Å². The number of carbonyl (C=O) groups excluding carboxylic acids is 2. The summed E-state index contributed by atoms with van der Waals surface area (Å²) in [5, 5.41) is 0. The molecule has 5 aromatic carbocycles. The van der Waals surface area contributed by atoms with E-state index < -0.39 is 0 Å². The molecule has 4 aliphatic rings. The summed E-state index contributed by atoms with van der Waals surface area (Å²) in [4.78, 5) is 36.0. The Bertz CT molecular complexity index is 2310. The van der Waals surface area contributed by atoms with E-state index in [1.807, 2.05) is 82.2 Å². The number of para-hydroxylation sites is 2. The van der Waals surface area contributed by atoms with Gasteiger partial charge < -0.3 is 38.5 Å². The van der Waals surface area contributed by atoms with E-state index in [2.05, 4.69) is 52.1 Å². The van der Waals surface area contributed by atoms with Crippen molar-refractivity contribution in [3.63, 3.8) is 0 Å². The number of carbonyl (C=O) groups is 2. The normalized spacial score (nSPS) is 17.3. The van der Waals surface area contributed by atoms with Gasteiger partial charge in [-0.3, -0.25) is 9.59 Å². The molecule has 0 aliphatic carbocycles. The van der Waals surface area contributed by atoms with Crippen LogP contribution in [0.15, 0.2) is 78.9 Å². The van der Waals surface area contributed by atoms with E-state index in [0.29, 0.717) is 34.1 Å². The molecule has 59 heavy (non-hydrogen) atoms. The first-order valence-electron chi connectivity index (χ1n) is 19.3. The van der Waals surface area contributed by atoms with Gasteiger partial charge in [-0.05, 0) is 117 Å². The van der Waals surface area contributed by atoms with E-state index in [0.717, 1.165) is 74.5 Å². The molecule has 4 aliphatic heterocycles. The zero-order chi connectivity index (χ0) is 39.7. The molecule has 0 spiro atoms. The second-order valence-electron chi connectivity index (χ2n) is 15.4. The average Bonchev–Trinajstić information content (AvgIpc) is 3.72. The molecule has 2 radical (unpaired) electrons. The topological polar surface area (TPSA) is 84.0 Å². The second-order valence-corrected chi connectivity index (χ2v) is 15.4. The third-order valence-corrected chi connectivity index (χ3v) is 12.2. The maximum absolute atomic E-state index is 14.1. The molecular formula is C47H46N4O6Y2-2. The van der Waals surface area contributed by atoms with Crippen LogP contribution < -0.4 is 38.5 Å². The van der Waals surface area contributed by atoms with Gasteiger partial charge in [-0.2, -0.15) is 0 Å². The quantitative estimate of drug-likeness (QED) is 0.144. The first kappa shape index (κ1) is 43.1. The van der Waals surface area contributed by atoms with Crippen LogP contribution >= 0.6 is 0 Å². The van der Waals surface area contributed by atoms with Crippen LogP contribution in [0, 0.1) is 33.9 Å². The van der Waals surface area contributed by atoms with E-state index >= 15 is 0 Å². The minimum Gasteiger partial charge on any atom is -0.522 e. The number of ether oxygens (including phenoxy) is 4. The van der Waals surface area contributed by atoms with E-state index in [-0.39, 0.29) is 103 Å². The Kier molecular flexibility index (Phi) is 12.6. The zero-order valence-corrected chi connectivity index (χ0v) is 40.2. The minimum atomic E-state index is -0.0788. The van der Waals surface area contributed by atoms with Crippen LogP contribution in [0.5, 0.6) is 23.0 Å². The van der Waals surface area contributed by atoms with E-state index in [1.54, 1.807) is 26.4 Å². The van der Waals surface area contributed by atoms with E-state index in [9.17, 15) is 9.59 Å². The Morgan fingerprint density at radius 1 is 0.559 bits per heavy atom. The van der Waals surface area contributed by atoms with Gasteiger partial charge in [0.15, 0.2) is 23.0 Å². The summed E-state index contributed by atoms with van der Waals surface area (Å²) < 4.78 is 24.7. The summed E-state index contributed by atoms with van der Waals surface area (Å²) in [7, 11) is 7.15. The van der Waals surface area contributed by atoms with Gasteiger partial charge in [-0.25, -0.2) is 13.1 Å². The summed E-state index contributed by atoms with van der Waals surface area (Å²) in [6, 6.07) is 25.6. The molecule has 12 heteroatoms. The zero-order valence-electron chi connectivity index (χ0n) is 34.5. The number of likely N-dealkylation sites (N-methyl/N-ethyl adjacent to an activating group) is 2. The van der Waals surface area contributed by atoms with Crippen molar-refractivity contribution in [3.05, 3.63) is 142 Å². The third kappa shape index (κ3) is 7.47. The molecule has 10 nitrogen and oxygen atoms in total. The van der Waals surface area contributed by atoms with Gasteiger partial charge in [0.1, 0.15) is 13.2 Å². The summed E-state index contributed by atoms with van der Waals surface area (Å²) in [6.07, 6.45) is 1.53. The summed E-state index contributed by atoms with van der Waals surface area (Å²) in [5.74, 6) is 1.97. The van der Waals surface area contributed by atoms with Gasteiger partial charge in [0.25, 0.3) is 11.8 Å². The Morgan fingerprint density at radius 2 is 0.966 bits per heavy atom. The molecule has 0 unspecified atom stereocenters. The maximum atomic E-state index is 14.1. The first-order valence-corrected chi connectivity index (χ1v) is 19.3. The number of fused-ring (bicyclic) bond motifs is 8. The predicted molar refractivity (Wildman–Crippen MR) is 222 cm³/mol. The van der Waals surface area contributed by atoms with Gasteiger partial charge >= 0.3 is 0 Å². The number of methoxy groups -OCH3 is 2. The molecular weight excluding hydrogens is 894 g/mol. The predicted octanol–water partition coefficient (Wildman–Crippen LogP) is 8.15. The fraction of sp³-hybridized carbons (Fsp3) is 0.277. The fourth-order valence-corrected chi connectivity index (χ4v) is 8.89. The van der Waals surface area contributed by atoms with Crippen molar-refractivity contribution >= 4 is 34.6 Å². The molecule has 2 amide bonds.